The van der Waals surface area contributed by atoms with E-state index in [9.17, 15) is 22.4 Å². The Balaban J connectivity index is 2.42. The van der Waals surface area contributed by atoms with Gasteiger partial charge in [0.1, 0.15) is 18.4 Å². The number of sulfonamides is 1. The van der Waals surface area contributed by atoms with Gasteiger partial charge in [-0.05, 0) is 50.1 Å². The molecule has 0 aromatic heterocycles. The van der Waals surface area contributed by atoms with Crippen LogP contribution in [0.4, 0.5) is 10.1 Å². The number of amides is 2. The van der Waals surface area contributed by atoms with Crippen molar-refractivity contribution in [3.8, 4) is 0 Å². The van der Waals surface area contributed by atoms with Crippen LogP contribution in [0.25, 0.3) is 0 Å². The normalized spacial score (nSPS) is 12.2. The Hall–Kier alpha value is -2.94. The van der Waals surface area contributed by atoms with Crippen LogP contribution in [0.2, 0.25) is 0 Å². The molecule has 0 aliphatic carbocycles. The van der Waals surface area contributed by atoms with E-state index in [0.29, 0.717) is 13.0 Å². The predicted octanol–water partition coefficient (Wildman–Crippen LogP) is 2.84. The molecule has 0 aliphatic rings. The largest absolute Gasteiger partial charge is 0.355 e. The summed E-state index contributed by atoms with van der Waals surface area (Å²) in [6.45, 7) is 5.56. The number of carbonyl (C=O) groups excluding carboxylic acids is 2. The number of carbonyl (C=O) groups is 2. The Labute approximate surface area is 189 Å². The van der Waals surface area contributed by atoms with Gasteiger partial charge in [-0.25, -0.2) is 12.8 Å². The van der Waals surface area contributed by atoms with Crippen LogP contribution in [0.1, 0.15) is 31.4 Å². The highest BCUT2D eigenvalue weighted by Crippen LogP contribution is 2.20. The molecule has 2 amide bonds. The number of anilines is 1. The fourth-order valence-electron chi connectivity index (χ4n) is 3.44. The van der Waals surface area contributed by atoms with Crippen molar-refractivity contribution in [1.29, 1.82) is 0 Å². The number of hydrogen-bond acceptors (Lipinski definition) is 4. The number of nitrogens with one attached hydrogen (secondary N) is 1. The molecule has 7 nitrogen and oxygen atoms in total. The van der Waals surface area contributed by atoms with Gasteiger partial charge in [-0.15, -0.1) is 0 Å². The Morgan fingerprint density at radius 2 is 1.75 bits per heavy atom. The molecule has 2 aromatic carbocycles. The van der Waals surface area contributed by atoms with Crippen molar-refractivity contribution >= 4 is 27.5 Å². The van der Waals surface area contributed by atoms with E-state index in [1.165, 1.54) is 17.0 Å². The summed E-state index contributed by atoms with van der Waals surface area (Å²) in [6, 6.07) is 11.7. The minimum absolute atomic E-state index is 0.150. The molecule has 2 aromatic rings. The van der Waals surface area contributed by atoms with Crippen LogP contribution in [-0.4, -0.2) is 50.5 Å². The van der Waals surface area contributed by atoms with Crippen LogP contribution < -0.4 is 9.62 Å². The maximum Gasteiger partial charge on any atom is 0.244 e. The zero-order valence-corrected chi connectivity index (χ0v) is 19.7. The van der Waals surface area contributed by atoms with Crippen molar-refractivity contribution in [3.63, 3.8) is 0 Å². The van der Waals surface area contributed by atoms with E-state index in [2.05, 4.69) is 5.32 Å². The molecule has 9 heteroatoms. The molecule has 32 heavy (non-hydrogen) atoms. The minimum atomic E-state index is -3.84. The fraction of sp³-hybridized carbons (Fsp3) is 0.391. The van der Waals surface area contributed by atoms with E-state index in [-0.39, 0.29) is 18.1 Å². The summed E-state index contributed by atoms with van der Waals surface area (Å²) in [5.74, 6) is -1.35. The average Bonchev–Trinajstić information content (AvgIpc) is 2.72. The third-order valence-electron chi connectivity index (χ3n) is 4.97. The lowest BCUT2D eigenvalue weighted by Crippen LogP contribution is -2.52. The first-order chi connectivity index (χ1) is 15.1. The number of aryl methyl sites for hydroxylation is 1. The fourth-order valence-corrected chi connectivity index (χ4v) is 4.29. The van der Waals surface area contributed by atoms with E-state index in [4.69, 9.17) is 0 Å². The van der Waals surface area contributed by atoms with E-state index < -0.39 is 34.3 Å². The van der Waals surface area contributed by atoms with E-state index in [0.717, 1.165) is 33.8 Å². The molecule has 0 spiro atoms. The van der Waals surface area contributed by atoms with Gasteiger partial charge >= 0.3 is 0 Å². The number of likely N-dealkylation sites (N-methyl/N-ethyl adjacent to an activating group) is 1. The van der Waals surface area contributed by atoms with Gasteiger partial charge in [-0.2, -0.15) is 0 Å². The Kier molecular flexibility index (Phi) is 8.77. The van der Waals surface area contributed by atoms with Crippen molar-refractivity contribution in [2.75, 3.05) is 23.7 Å². The molecule has 0 radical (unpaired) electrons. The van der Waals surface area contributed by atoms with Gasteiger partial charge in [0.05, 0.1) is 11.9 Å². The van der Waals surface area contributed by atoms with Gasteiger partial charge in [0.2, 0.25) is 21.8 Å². The summed E-state index contributed by atoms with van der Waals surface area (Å²) < 4.78 is 39.1. The molecule has 0 aliphatic heterocycles. The Morgan fingerprint density at radius 3 is 2.28 bits per heavy atom. The molecule has 0 saturated carbocycles. The van der Waals surface area contributed by atoms with Gasteiger partial charge in [0.25, 0.3) is 0 Å². The topological polar surface area (TPSA) is 86.8 Å². The molecule has 1 N–H and O–H groups in total. The number of rotatable bonds is 10. The third-order valence-corrected chi connectivity index (χ3v) is 6.11. The Morgan fingerprint density at radius 1 is 1.09 bits per heavy atom. The van der Waals surface area contributed by atoms with Crippen LogP contribution in [-0.2, 0) is 26.2 Å². The highest BCUT2D eigenvalue weighted by Gasteiger charge is 2.31. The molecule has 174 valence electrons. The zero-order chi connectivity index (χ0) is 23.9. The molecular formula is C23H30FN3O4S. The van der Waals surface area contributed by atoms with Gasteiger partial charge < -0.3 is 10.2 Å². The first-order valence-corrected chi connectivity index (χ1v) is 12.3. The van der Waals surface area contributed by atoms with Crippen LogP contribution >= 0.6 is 0 Å². The predicted molar refractivity (Wildman–Crippen MR) is 123 cm³/mol. The summed E-state index contributed by atoms with van der Waals surface area (Å²) in [7, 11) is -3.84. The van der Waals surface area contributed by atoms with Crippen molar-refractivity contribution in [1.82, 2.24) is 10.2 Å². The SMILES string of the molecule is CCNC(=O)[C@@H](CC)N(Cc1cccc(C)c1)C(=O)CN(c1ccc(F)cc1)S(C)(=O)=O. The van der Waals surface area contributed by atoms with Crippen molar-refractivity contribution in [3.05, 3.63) is 65.5 Å². The summed E-state index contributed by atoms with van der Waals surface area (Å²) in [5.41, 5.74) is 2.00. The number of benzene rings is 2. The molecule has 0 saturated heterocycles. The van der Waals surface area contributed by atoms with Crippen molar-refractivity contribution in [2.45, 2.75) is 39.8 Å². The summed E-state index contributed by atoms with van der Waals surface area (Å²) in [5, 5.41) is 2.74. The summed E-state index contributed by atoms with van der Waals surface area (Å²) in [4.78, 5) is 27.5. The second kappa shape index (κ2) is 11.1. The monoisotopic (exact) mass is 463 g/mol. The van der Waals surface area contributed by atoms with Crippen LogP contribution in [0.3, 0.4) is 0 Å². The standard InChI is InChI=1S/C23H30FN3O4S/c1-5-21(23(29)25-6-2)26(15-18-9-7-8-17(3)14-18)22(28)16-27(32(4,30)31)20-12-10-19(24)11-13-20/h7-14,21H,5-6,15-16H2,1-4H3,(H,25,29)/t21-/m1/s1. The lowest BCUT2D eigenvalue weighted by molar-refractivity contribution is -0.140. The van der Waals surface area contributed by atoms with Crippen molar-refractivity contribution < 1.29 is 22.4 Å². The quantitative estimate of drug-likeness (QED) is 0.587. The first-order valence-electron chi connectivity index (χ1n) is 10.4. The summed E-state index contributed by atoms with van der Waals surface area (Å²) >= 11 is 0. The second-order valence-electron chi connectivity index (χ2n) is 7.58. The van der Waals surface area contributed by atoms with Crippen molar-refractivity contribution in [2.24, 2.45) is 0 Å². The van der Waals surface area contributed by atoms with Gasteiger partial charge in [0, 0.05) is 13.1 Å². The third kappa shape index (κ3) is 6.78. The Bertz CT molecular complexity index is 1040. The number of nitrogens with zero attached hydrogens (tertiary/aromatic N) is 2. The minimum Gasteiger partial charge on any atom is -0.355 e. The van der Waals surface area contributed by atoms with Crippen LogP contribution in [0.5, 0.6) is 0 Å². The van der Waals surface area contributed by atoms with E-state index in [1.54, 1.807) is 13.8 Å². The number of hydrogen-bond donors (Lipinski definition) is 1. The molecular weight excluding hydrogens is 433 g/mol. The lowest BCUT2D eigenvalue weighted by Gasteiger charge is -2.32. The maximum atomic E-state index is 13.4. The highest BCUT2D eigenvalue weighted by molar-refractivity contribution is 7.92. The maximum absolute atomic E-state index is 13.4. The lowest BCUT2D eigenvalue weighted by atomic mass is 10.1. The summed E-state index contributed by atoms with van der Waals surface area (Å²) in [6.07, 6.45) is 1.34. The van der Waals surface area contributed by atoms with Gasteiger partial charge in [-0.1, -0.05) is 36.8 Å². The first kappa shape index (κ1) is 25.3. The smallest absolute Gasteiger partial charge is 0.244 e. The molecule has 0 heterocycles. The van der Waals surface area contributed by atoms with Gasteiger partial charge in [0.15, 0.2) is 0 Å². The number of halogens is 1. The van der Waals surface area contributed by atoms with Gasteiger partial charge in [-0.3, -0.25) is 13.9 Å². The average molecular weight is 464 g/mol. The molecule has 1 atom stereocenters. The molecule has 0 unspecified atom stereocenters. The van der Waals surface area contributed by atoms with Crippen LogP contribution in [0.15, 0.2) is 48.5 Å². The zero-order valence-electron chi connectivity index (χ0n) is 18.8. The second-order valence-corrected chi connectivity index (χ2v) is 9.48. The van der Waals surface area contributed by atoms with E-state index in [1.807, 2.05) is 31.2 Å². The van der Waals surface area contributed by atoms with E-state index >= 15 is 0 Å². The van der Waals surface area contributed by atoms with Crippen LogP contribution in [0, 0.1) is 12.7 Å². The highest BCUT2D eigenvalue weighted by atomic mass is 32.2. The molecule has 2 rings (SSSR count). The molecule has 0 bridgehead atoms. The molecule has 0 fully saturated rings.